The maximum atomic E-state index is 12.2. The summed E-state index contributed by atoms with van der Waals surface area (Å²) in [4.78, 5) is 23.3. The van der Waals surface area contributed by atoms with Crippen molar-refractivity contribution in [3.8, 4) is 0 Å². The molecule has 0 saturated carbocycles. The van der Waals surface area contributed by atoms with Gasteiger partial charge in [0.25, 0.3) is 11.6 Å². The Morgan fingerprint density at radius 2 is 2.00 bits per heavy atom. The molecule has 0 atom stereocenters. The van der Waals surface area contributed by atoms with Crippen LogP contribution in [0, 0.1) is 17.0 Å². The molecule has 0 unspecified atom stereocenters. The van der Waals surface area contributed by atoms with Crippen molar-refractivity contribution in [1.82, 2.24) is 0 Å². The van der Waals surface area contributed by atoms with Gasteiger partial charge in [-0.25, -0.2) is 0 Å². The highest BCUT2D eigenvalue weighted by atomic mass is 79.9. The van der Waals surface area contributed by atoms with Gasteiger partial charge < -0.3 is 5.32 Å². The predicted octanol–water partition coefficient (Wildman–Crippen LogP) is 4.21. The molecular formula is C14H11BrN2O3S. The highest BCUT2D eigenvalue weighted by Crippen LogP contribution is 2.25. The molecule has 5 nitrogen and oxygen atoms in total. The Balaban J connectivity index is 2.29. The van der Waals surface area contributed by atoms with Gasteiger partial charge in [-0.2, -0.15) is 0 Å². The smallest absolute Gasteiger partial charge is 0.274 e. The quantitative estimate of drug-likeness (QED) is 0.485. The molecule has 1 N–H and O–H groups in total. The molecule has 0 saturated heterocycles. The normalized spacial score (nSPS) is 10.2. The number of hydrogen-bond acceptors (Lipinski definition) is 4. The molecule has 0 spiro atoms. The number of rotatable bonds is 3. The molecule has 2 rings (SSSR count). The molecule has 0 fully saturated rings. The van der Waals surface area contributed by atoms with Gasteiger partial charge in [0.2, 0.25) is 0 Å². The van der Waals surface area contributed by atoms with Crippen molar-refractivity contribution in [2.24, 2.45) is 0 Å². The van der Waals surface area contributed by atoms with Crippen LogP contribution in [-0.2, 0) is 0 Å². The molecule has 0 bridgehead atoms. The second-order valence-corrected chi connectivity index (χ2v) is 5.75. The molecule has 0 heterocycles. The Morgan fingerprint density at radius 3 is 2.67 bits per heavy atom. The number of nitrogens with one attached hydrogen (secondary N) is 1. The summed E-state index contributed by atoms with van der Waals surface area (Å²) in [5.74, 6) is -0.365. The lowest BCUT2D eigenvalue weighted by molar-refractivity contribution is -0.385. The summed E-state index contributed by atoms with van der Waals surface area (Å²) >= 11 is 7.48. The average molecular weight is 367 g/mol. The maximum Gasteiger partial charge on any atom is 0.274 e. The van der Waals surface area contributed by atoms with E-state index in [1.807, 2.05) is 0 Å². The van der Waals surface area contributed by atoms with E-state index in [9.17, 15) is 14.9 Å². The molecule has 21 heavy (non-hydrogen) atoms. The number of aryl methyl sites for hydroxylation is 1. The SMILES string of the molecule is Cc1ccc(NC(=O)c2cc(S)ccc2Br)cc1[N+](=O)[O-]. The third-order valence-corrected chi connectivity index (χ3v) is 3.83. The van der Waals surface area contributed by atoms with Crippen molar-refractivity contribution in [2.45, 2.75) is 11.8 Å². The fourth-order valence-electron chi connectivity index (χ4n) is 1.77. The van der Waals surface area contributed by atoms with Crippen LogP contribution in [0.3, 0.4) is 0 Å². The monoisotopic (exact) mass is 366 g/mol. The van der Waals surface area contributed by atoms with E-state index in [2.05, 4.69) is 33.9 Å². The summed E-state index contributed by atoms with van der Waals surface area (Å²) in [7, 11) is 0. The number of thiol groups is 1. The van der Waals surface area contributed by atoms with Crippen molar-refractivity contribution in [1.29, 1.82) is 0 Å². The van der Waals surface area contributed by atoms with Crippen LogP contribution in [0.5, 0.6) is 0 Å². The predicted molar refractivity (Wildman–Crippen MR) is 87.2 cm³/mol. The van der Waals surface area contributed by atoms with Crippen LogP contribution in [0.2, 0.25) is 0 Å². The number of nitro benzene ring substituents is 1. The standard InChI is InChI=1S/C14H11BrN2O3S/c1-8-2-3-9(6-13(8)17(19)20)16-14(18)11-7-10(21)4-5-12(11)15/h2-7,21H,1H3,(H,16,18). The second kappa shape index (κ2) is 6.28. The lowest BCUT2D eigenvalue weighted by atomic mass is 10.1. The first-order chi connectivity index (χ1) is 9.88. The van der Waals surface area contributed by atoms with Crippen LogP contribution in [-0.4, -0.2) is 10.8 Å². The Hall–Kier alpha value is -1.86. The summed E-state index contributed by atoms with van der Waals surface area (Å²) in [5.41, 5.74) is 1.28. The number of halogens is 1. The fraction of sp³-hybridized carbons (Fsp3) is 0.0714. The van der Waals surface area contributed by atoms with Gasteiger partial charge >= 0.3 is 0 Å². The highest BCUT2D eigenvalue weighted by molar-refractivity contribution is 9.10. The van der Waals surface area contributed by atoms with Gasteiger partial charge in [0.05, 0.1) is 10.5 Å². The molecule has 0 aliphatic carbocycles. The molecule has 7 heteroatoms. The number of anilines is 1. The van der Waals surface area contributed by atoms with Gasteiger partial charge in [0, 0.05) is 26.7 Å². The highest BCUT2D eigenvalue weighted by Gasteiger charge is 2.14. The molecule has 2 aromatic rings. The van der Waals surface area contributed by atoms with E-state index < -0.39 is 4.92 Å². The van der Waals surface area contributed by atoms with Crippen LogP contribution < -0.4 is 5.32 Å². The van der Waals surface area contributed by atoms with Crippen LogP contribution in [0.15, 0.2) is 45.8 Å². The zero-order valence-corrected chi connectivity index (χ0v) is 13.4. The van der Waals surface area contributed by atoms with Gasteiger partial charge in [-0.1, -0.05) is 6.07 Å². The lowest BCUT2D eigenvalue weighted by Crippen LogP contribution is -2.13. The number of carbonyl (C=O) groups excluding carboxylic acids is 1. The number of hydrogen-bond donors (Lipinski definition) is 2. The van der Waals surface area contributed by atoms with Gasteiger partial charge in [-0.3, -0.25) is 14.9 Å². The van der Waals surface area contributed by atoms with Crippen LogP contribution in [0.1, 0.15) is 15.9 Å². The van der Waals surface area contributed by atoms with E-state index in [-0.39, 0.29) is 11.6 Å². The average Bonchev–Trinajstić information content (AvgIpc) is 2.43. The fourth-order valence-corrected chi connectivity index (χ4v) is 2.40. The van der Waals surface area contributed by atoms with Crippen molar-refractivity contribution >= 4 is 45.8 Å². The Bertz CT molecular complexity index is 734. The van der Waals surface area contributed by atoms with Gasteiger partial charge in [0.15, 0.2) is 0 Å². The summed E-state index contributed by atoms with van der Waals surface area (Å²) < 4.78 is 0.624. The van der Waals surface area contributed by atoms with Crippen molar-refractivity contribution < 1.29 is 9.72 Å². The van der Waals surface area contributed by atoms with Crippen molar-refractivity contribution in [3.63, 3.8) is 0 Å². The number of nitrogens with zero attached hydrogens (tertiary/aromatic N) is 1. The van der Waals surface area contributed by atoms with Gasteiger partial charge in [-0.15, -0.1) is 12.6 Å². The largest absolute Gasteiger partial charge is 0.322 e. The summed E-state index contributed by atoms with van der Waals surface area (Å²) in [6.45, 7) is 1.64. The van der Waals surface area contributed by atoms with Crippen LogP contribution in [0.25, 0.3) is 0 Å². The minimum atomic E-state index is -0.477. The van der Waals surface area contributed by atoms with Gasteiger partial charge in [0.1, 0.15) is 0 Å². The maximum absolute atomic E-state index is 12.2. The molecule has 0 aliphatic heterocycles. The Kier molecular flexibility index (Phi) is 4.64. The van der Waals surface area contributed by atoms with E-state index >= 15 is 0 Å². The van der Waals surface area contributed by atoms with E-state index in [4.69, 9.17) is 0 Å². The summed E-state index contributed by atoms with van der Waals surface area (Å²) in [5, 5.41) is 13.5. The van der Waals surface area contributed by atoms with E-state index in [0.29, 0.717) is 26.2 Å². The molecule has 0 aromatic heterocycles. The lowest BCUT2D eigenvalue weighted by Gasteiger charge is -2.08. The van der Waals surface area contributed by atoms with Crippen molar-refractivity contribution in [3.05, 3.63) is 62.1 Å². The molecular weight excluding hydrogens is 356 g/mol. The van der Waals surface area contributed by atoms with E-state index in [1.165, 1.54) is 6.07 Å². The zero-order chi connectivity index (χ0) is 15.6. The zero-order valence-electron chi connectivity index (χ0n) is 11.0. The number of benzene rings is 2. The number of amides is 1. The number of carbonyl (C=O) groups is 1. The third kappa shape index (κ3) is 3.62. The molecule has 0 aliphatic rings. The summed E-state index contributed by atoms with van der Waals surface area (Å²) in [6.07, 6.45) is 0. The van der Waals surface area contributed by atoms with Crippen molar-refractivity contribution in [2.75, 3.05) is 5.32 Å². The molecule has 2 aromatic carbocycles. The first-order valence-corrected chi connectivity index (χ1v) is 7.17. The minimum Gasteiger partial charge on any atom is -0.322 e. The second-order valence-electron chi connectivity index (χ2n) is 4.38. The Morgan fingerprint density at radius 1 is 1.29 bits per heavy atom. The van der Waals surface area contributed by atoms with E-state index in [1.54, 1.807) is 37.3 Å². The number of nitro groups is 1. The first-order valence-electron chi connectivity index (χ1n) is 5.93. The van der Waals surface area contributed by atoms with E-state index in [0.717, 1.165) is 0 Å². The third-order valence-electron chi connectivity index (χ3n) is 2.86. The van der Waals surface area contributed by atoms with Crippen LogP contribution >= 0.6 is 28.6 Å². The molecule has 1 amide bonds. The minimum absolute atomic E-state index is 0.0326. The van der Waals surface area contributed by atoms with Crippen LogP contribution in [0.4, 0.5) is 11.4 Å². The molecule has 0 radical (unpaired) electrons. The first kappa shape index (κ1) is 15.5. The summed E-state index contributed by atoms with van der Waals surface area (Å²) in [6, 6.07) is 9.64. The molecule has 108 valence electrons. The Labute approximate surface area is 135 Å². The van der Waals surface area contributed by atoms with Gasteiger partial charge in [-0.05, 0) is 47.1 Å². The topological polar surface area (TPSA) is 72.2 Å².